The number of hydrogen-bond donors (Lipinski definition) is 1. The minimum Gasteiger partial charge on any atom is -0.304 e. The molecule has 5 heteroatoms. The van der Waals surface area contributed by atoms with E-state index in [4.69, 9.17) is 23.2 Å². The number of nitrogens with zero attached hydrogens (tertiary/aromatic N) is 1. The molecule has 0 aliphatic carbocycles. The van der Waals surface area contributed by atoms with Crippen LogP contribution in [0.1, 0.15) is 30.6 Å². The van der Waals surface area contributed by atoms with Crippen LogP contribution < -0.4 is 5.32 Å². The molecule has 96 valence electrons. The maximum Gasteiger partial charge on any atom is 0.0795 e. The van der Waals surface area contributed by atoms with Crippen molar-refractivity contribution in [2.45, 2.75) is 25.9 Å². The van der Waals surface area contributed by atoms with Crippen LogP contribution in [0.2, 0.25) is 10.0 Å². The maximum atomic E-state index is 6.04. The smallest absolute Gasteiger partial charge is 0.0795 e. The molecule has 0 spiro atoms. The van der Waals surface area contributed by atoms with Gasteiger partial charge in [-0.15, -0.1) is 11.3 Å². The van der Waals surface area contributed by atoms with Crippen LogP contribution in [0.25, 0.3) is 0 Å². The van der Waals surface area contributed by atoms with Crippen LogP contribution in [0.5, 0.6) is 0 Å². The van der Waals surface area contributed by atoms with Gasteiger partial charge in [-0.25, -0.2) is 4.98 Å². The highest BCUT2D eigenvalue weighted by molar-refractivity contribution is 7.07. The van der Waals surface area contributed by atoms with Crippen LogP contribution in [0.3, 0.4) is 0 Å². The molecule has 2 rings (SSSR count). The van der Waals surface area contributed by atoms with E-state index < -0.39 is 0 Å². The zero-order valence-electron chi connectivity index (χ0n) is 9.99. The van der Waals surface area contributed by atoms with Crippen LogP contribution in [0, 0.1) is 0 Å². The first-order valence-corrected chi connectivity index (χ1v) is 7.46. The number of hydrogen-bond acceptors (Lipinski definition) is 3. The second-order valence-electron chi connectivity index (χ2n) is 4.00. The van der Waals surface area contributed by atoms with Gasteiger partial charge in [0.15, 0.2) is 0 Å². The molecule has 0 amide bonds. The van der Waals surface area contributed by atoms with Crippen molar-refractivity contribution in [2.75, 3.05) is 0 Å². The molecule has 2 aromatic rings. The molecule has 0 fully saturated rings. The van der Waals surface area contributed by atoms with Crippen molar-refractivity contribution in [2.24, 2.45) is 0 Å². The van der Waals surface area contributed by atoms with Crippen molar-refractivity contribution in [3.63, 3.8) is 0 Å². The molecule has 1 aromatic heterocycles. The summed E-state index contributed by atoms with van der Waals surface area (Å²) in [6, 6.07) is 6.04. The molecule has 1 heterocycles. The minimum absolute atomic E-state index is 0.265. The van der Waals surface area contributed by atoms with Crippen LogP contribution in [0.15, 0.2) is 29.1 Å². The van der Waals surface area contributed by atoms with E-state index in [1.54, 1.807) is 11.3 Å². The Kier molecular flexibility index (Phi) is 5.01. The van der Waals surface area contributed by atoms with Gasteiger partial charge in [0.25, 0.3) is 0 Å². The number of nitrogens with one attached hydrogen (secondary N) is 1. The molecule has 1 aromatic carbocycles. The van der Waals surface area contributed by atoms with Gasteiger partial charge in [-0.05, 0) is 24.1 Å². The summed E-state index contributed by atoms with van der Waals surface area (Å²) in [6.45, 7) is 2.91. The van der Waals surface area contributed by atoms with E-state index in [9.17, 15) is 0 Å². The molecule has 0 saturated carbocycles. The summed E-state index contributed by atoms with van der Waals surface area (Å²) in [5, 5.41) is 6.72. The van der Waals surface area contributed by atoms with Crippen molar-refractivity contribution >= 4 is 34.5 Å². The van der Waals surface area contributed by atoms with Crippen molar-refractivity contribution in [1.29, 1.82) is 0 Å². The fraction of sp³-hybridized carbons (Fsp3) is 0.308. The highest BCUT2D eigenvalue weighted by Gasteiger charge is 2.10. The standard InChI is InChI=1S/C13H14Cl2N2S/c1-2-13(16-6-10-7-18-8-17-10)9-3-4-11(14)12(15)5-9/h3-5,7-8,13,16H,2,6H2,1H3. The second-order valence-corrected chi connectivity index (χ2v) is 5.53. The third kappa shape index (κ3) is 3.45. The molecule has 0 aliphatic heterocycles. The van der Waals surface area contributed by atoms with E-state index in [-0.39, 0.29) is 6.04 Å². The van der Waals surface area contributed by atoms with Gasteiger partial charge in [0, 0.05) is 18.0 Å². The number of rotatable bonds is 5. The summed E-state index contributed by atoms with van der Waals surface area (Å²) < 4.78 is 0. The van der Waals surface area contributed by atoms with Crippen molar-refractivity contribution < 1.29 is 0 Å². The number of benzene rings is 1. The first kappa shape index (κ1) is 13.8. The predicted molar refractivity (Wildman–Crippen MR) is 78.4 cm³/mol. The van der Waals surface area contributed by atoms with Crippen LogP contribution in [-0.4, -0.2) is 4.98 Å². The number of aromatic nitrogens is 1. The molecule has 1 unspecified atom stereocenters. The predicted octanol–water partition coefficient (Wildman–Crippen LogP) is 4.69. The van der Waals surface area contributed by atoms with E-state index in [1.807, 2.05) is 23.7 Å². The van der Waals surface area contributed by atoms with Crippen molar-refractivity contribution in [1.82, 2.24) is 10.3 Å². The van der Waals surface area contributed by atoms with Crippen LogP contribution in [0.4, 0.5) is 0 Å². The summed E-state index contributed by atoms with van der Waals surface area (Å²) in [7, 11) is 0. The van der Waals surface area contributed by atoms with Crippen LogP contribution in [-0.2, 0) is 6.54 Å². The second kappa shape index (κ2) is 6.53. The molecule has 1 atom stereocenters. The van der Waals surface area contributed by atoms with E-state index in [1.165, 1.54) is 0 Å². The Morgan fingerprint density at radius 2 is 2.17 bits per heavy atom. The monoisotopic (exact) mass is 300 g/mol. The Labute approximate surface area is 121 Å². The first-order valence-electron chi connectivity index (χ1n) is 5.76. The normalized spacial score (nSPS) is 12.6. The fourth-order valence-electron chi connectivity index (χ4n) is 1.78. The lowest BCUT2D eigenvalue weighted by Crippen LogP contribution is -2.20. The summed E-state index contributed by atoms with van der Waals surface area (Å²) >= 11 is 13.6. The average Bonchev–Trinajstić information content (AvgIpc) is 2.87. The number of thiazole rings is 1. The van der Waals surface area contributed by atoms with Gasteiger partial charge >= 0.3 is 0 Å². The molecule has 0 aliphatic rings. The van der Waals surface area contributed by atoms with Gasteiger partial charge in [-0.3, -0.25) is 0 Å². The quantitative estimate of drug-likeness (QED) is 0.866. The highest BCUT2D eigenvalue weighted by Crippen LogP contribution is 2.27. The highest BCUT2D eigenvalue weighted by atomic mass is 35.5. The molecule has 1 N–H and O–H groups in total. The fourth-order valence-corrected chi connectivity index (χ4v) is 2.64. The molecule has 0 saturated heterocycles. The summed E-state index contributed by atoms with van der Waals surface area (Å²) in [5.41, 5.74) is 4.07. The minimum atomic E-state index is 0.265. The van der Waals surface area contributed by atoms with Crippen molar-refractivity contribution in [3.8, 4) is 0 Å². The molecule has 0 bridgehead atoms. The third-order valence-electron chi connectivity index (χ3n) is 2.77. The van der Waals surface area contributed by atoms with Gasteiger partial charge < -0.3 is 5.32 Å². The Bertz CT molecular complexity index is 500. The molecule has 2 nitrogen and oxygen atoms in total. The topological polar surface area (TPSA) is 24.9 Å². The average molecular weight is 301 g/mol. The Balaban J connectivity index is 2.05. The maximum absolute atomic E-state index is 6.04. The van der Waals surface area contributed by atoms with E-state index in [2.05, 4.69) is 22.6 Å². The molecular weight excluding hydrogens is 287 g/mol. The largest absolute Gasteiger partial charge is 0.304 e. The van der Waals surface area contributed by atoms with Gasteiger partial charge in [-0.1, -0.05) is 36.2 Å². The van der Waals surface area contributed by atoms with E-state index in [0.717, 1.165) is 24.2 Å². The van der Waals surface area contributed by atoms with E-state index in [0.29, 0.717) is 10.0 Å². The Morgan fingerprint density at radius 3 is 2.78 bits per heavy atom. The SMILES string of the molecule is CCC(NCc1cscn1)c1ccc(Cl)c(Cl)c1. The van der Waals surface area contributed by atoms with Crippen LogP contribution >= 0.6 is 34.5 Å². The van der Waals surface area contributed by atoms with Crippen molar-refractivity contribution in [3.05, 3.63) is 50.4 Å². The lowest BCUT2D eigenvalue weighted by atomic mass is 10.0. The Morgan fingerprint density at radius 1 is 1.33 bits per heavy atom. The molecule has 18 heavy (non-hydrogen) atoms. The Hall–Kier alpha value is -0.610. The zero-order chi connectivity index (χ0) is 13.0. The van der Waals surface area contributed by atoms with Gasteiger partial charge in [0.1, 0.15) is 0 Å². The molecular formula is C13H14Cl2N2S. The van der Waals surface area contributed by atoms with Gasteiger partial charge in [0.2, 0.25) is 0 Å². The lowest BCUT2D eigenvalue weighted by molar-refractivity contribution is 0.515. The first-order chi connectivity index (χ1) is 8.70. The van der Waals surface area contributed by atoms with E-state index >= 15 is 0 Å². The lowest BCUT2D eigenvalue weighted by Gasteiger charge is -2.17. The third-order valence-corrected chi connectivity index (χ3v) is 4.14. The summed E-state index contributed by atoms with van der Waals surface area (Å²) in [4.78, 5) is 4.26. The summed E-state index contributed by atoms with van der Waals surface area (Å²) in [5.74, 6) is 0. The summed E-state index contributed by atoms with van der Waals surface area (Å²) in [6.07, 6.45) is 0.988. The molecule has 0 radical (unpaired) electrons. The zero-order valence-corrected chi connectivity index (χ0v) is 12.3. The van der Waals surface area contributed by atoms with Gasteiger partial charge in [-0.2, -0.15) is 0 Å². The number of halogens is 2. The van der Waals surface area contributed by atoms with Gasteiger partial charge in [0.05, 0.1) is 21.2 Å².